The van der Waals surface area contributed by atoms with E-state index in [0.29, 0.717) is 23.3 Å². The van der Waals surface area contributed by atoms with Crippen molar-refractivity contribution in [3.8, 4) is 0 Å². The molecule has 7 heteroatoms. The quantitative estimate of drug-likeness (QED) is 0.902. The van der Waals surface area contributed by atoms with Crippen molar-refractivity contribution in [2.24, 2.45) is 0 Å². The number of rotatable bonds is 4. The Morgan fingerprint density at radius 2 is 1.95 bits per heavy atom. The number of hydrogen-bond donors (Lipinski definition) is 1. The van der Waals surface area contributed by atoms with Gasteiger partial charge in [-0.2, -0.15) is 4.31 Å². The zero-order valence-electron chi connectivity index (χ0n) is 12.9. The molecule has 0 radical (unpaired) electrons. The van der Waals surface area contributed by atoms with Gasteiger partial charge >= 0.3 is 0 Å². The average molecular weight is 345 g/mol. The van der Waals surface area contributed by atoms with Gasteiger partial charge in [0.15, 0.2) is 0 Å². The lowest BCUT2D eigenvalue weighted by Gasteiger charge is -2.38. The SMILES string of the molecule is Cc1ccc(S(=O)(=O)N2CCC(N3CCCC3CO)CC2)s1. The highest BCUT2D eigenvalue weighted by Crippen LogP contribution is 2.30. The Kier molecular flexibility index (Phi) is 4.89. The molecule has 2 saturated heterocycles. The van der Waals surface area contributed by atoms with Gasteiger partial charge in [0.05, 0.1) is 6.61 Å². The maximum absolute atomic E-state index is 12.6. The average Bonchev–Trinajstić information content (AvgIpc) is 3.16. The van der Waals surface area contributed by atoms with E-state index in [9.17, 15) is 13.5 Å². The minimum Gasteiger partial charge on any atom is -0.395 e. The fourth-order valence-corrected chi connectivity index (χ4v) is 6.53. The largest absolute Gasteiger partial charge is 0.395 e. The number of sulfonamides is 1. The third-order valence-corrected chi connectivity index (χ3v) is 8.20. The third kappa shape index (κ3) is 3.10. The molecule has 3 heterocycles. The molecule has 22 heavy (non-hydrogen) atoms. The van der Waals surface area contributed by atoms with Crippen LogP contribution in [0.5, 0.6) is 0 Å². The lowest BCUT2D eigenvalue weighted by atomic mass is 10.0. The summed E-state index contributed by atoms with van der Waals surface area (Å²) in [7, 11) is -3.32. The van der Waals surface area contributed by atoms with Gasteiger partial charge in [-0.15, -0.1) is 11.3 Å². The van der Waals surface area contributed by atoms with Crippen molar-refractivity contribution in [3.05, 3.63) is 17.0 Å². The monoisotopic (exact) mass is 344 g/mol. The van der Waals surface area contributed by atoms with Crippen LogP contribution in [0.3, 0.4) is 0 Å². The van der Waals surface area contributed by atoms with Crippen molar-refractivity contribution in [3.63, 3.8) is 0 Å². The molecule has 2 aliphatic rings. The first-order valence-electron chi connectivity index (χ1n) is 7.95. The second kappa shape index (κ2) is 6.57. The topological polar surface area (TPSA) is 60.9 Å². The van der Waals surface area contributed by atoms with Crippen LogP contribution in [-0.2, 0) is 10.0 Å². The molecule has 0 amide bonds. The van der Waals surface area contributed by atoms with Gasteiger partial charge in [-0.25, -0.2) is 8.42 Å². The van der Waals surface area contributed by atoms with Crippen LogP contribution >= 0.6 is 11.3 Å². The lowest BCUT2D eigenvalue weighted by Crippen LogP contribution is -2.48. The first-order valence-corrected chi connectivity index (χ1v) is 10.2. The second-order valence-electron chi connectivity index (χ2n) is 6.22. The molecule has 3 rings (SSSR count). The van der Waals surface area contributed by atoms with Crippen molar-refractivity contribution >= 4 is 21.4 Å². The molecule has 1 aromatic rings. The summed E-state index contributed by atoms with van der Waals surface area (Å²) in [5.41, 5.74) is 0. The Bertz CT molecular complexity index is 606. The van der Waals surface area contributed by atoms with Gasteiger partial charge in [-0.1, -0.05) is 0 Å². The van der Waals surface area contributed by atoms with Gasteiger partial charge in [-0.3, -0.25) is 4.90 Å². The Balaban J connectivity index is 1.64. The van der Waals surface area contributed by atoms with Gasteiger partial charge in [0.2, 0.25) is 0 Å². The number of likely N-dealkylation sites (tertiary alicyclic amines) is 1. The number of nitrogens with zero attached hydrogens (tertiary/aromatic N) is 2. The highest BCUT2D eigenvalue weighted by molar-refractivity contribution is 7.91. The van der Waals surface area contributed by atoms with E-state index in [-0.39, 0.29) is 12.6 Å². The van der Waals surface area contributed by atoms with Gasteiger partial charge in [0.1, 0.15) is 4.21 Å². The van der Waals surface area contributed by atoms with E-state index in [1.54, 1.807) is 10.4 Å². The molecule has 0 spiro atoms. The number of aliphatic hydroxyl groups is 1. The molecule has 0 aromatic carbocycles. The first kappa shape index (κ1) is 16.4. The van der Waals surface area contributed by atoms with Crippen molar-refractivity contribution in [2.75, 3.05) is 26.2 Å². The Morgan fingerprint density at radius 1 is 1.23 bits per heavy atom. The predicted molar refractivity (Wildman–Crippen MR) is 87.7 cm³/mol. The molecule has 0 aliphatic carbocycles. The van der Waals surface area contributed by atoms with E-state index >= 15 is 0 Å². The number of aryl methyl sites for hydroxylation is 1. The standard InChI is InChI=1S/C15H24N2O3S2/c1-12-4-5-15(21-12)22(19,20)16-9-6-13(7-10-16)17-8-2-3-14(17)11-18/h4-5,13-14,18H,2-3,6-11H2,1H3. The summed E-state index contributed by atoms with van der Waals surface area (Å²) in [6.45, 7) is 4.34. The van der Waals surface area contributed by atoms with Gasteiger partial charge < -0.3 is 5.11 Å². The lowest BCUT2D eigenvalue weighted by molar-refractivity contribution is 0.0899. The summed E-state index contributed by atoms with van der Waals surface area (Å²) in [6.07, 6.45) is 3.92. The molecular formula is C15H24N2O3S2. The molecule has 5 nitrogen and oxygen atoms in total. The number of thiophene rings is 1. The van der Waals surface area contributed by atoms with Gasteiger partial charge in [-0.05, 0) is 51.3 Å². The van der Waals surface area contributed by atoms with E-state index in [4.69, 9.17) is 0 Å². The highest BCUT2D eigenvalue weighted by atomic mass is 32.2. The summed E-state index contributed by atoms with van der Waals surface area (Å²) in [5.74, 6) is 0. The number of aliphatic hydroxyl groups excluding tert-OH is 1. The zero-order chi connectivity index (χ0) is 15.7. The van der Waals surface area contributed by atoms with Gasteiger partial charge in [0, 0.05) is 30.1 Å². The number of piperidine rings is 1. The molecule has 1 N–H and O–H groups in total. The first-order chi connectivity index (χ1) is 10.5. The van der Waals surface area contributed by atoms with Crippen molar-refractivity contribution in [1.29, 1.82) is 0 Å². The van der Waals surface area contributed by atoms with Crippen LogP contribution in [0.25, 0.3) is 0 Å². The highest BCUT2D eigenvalue weighted by Gasteiger charge is 2.35. The molecule has 124 valence electrons. The second-order valence-corrected chi connectivity index (χ2v) is 9.67. The third-order valence-electron chi connectivity index (χ3n) is 4.84. The van der Waals surface area contributed by atoms with E-state index in [0.717, 1.165) is 37.1 Å². The van der Waals surface area contributed by atoms with Crippen LogP contribution in [0.15, 0.2) is 16.3 Å². The van der Waals surface area contributed by atoms with E-state index in [1.165, 1.54) is 11.3 Å². The normalized spacial score (nSPS) is 25.8. The van der Waals surface area contributed by atoms with Crippen LogP contribution in [0.4, 0.5) is 0 Å². The zero-order valence-corrected chi connectivity index (χ0v) is 14.6. The van der Waals surface area contributed by atoms with Crippen LogP contribution < -0.4 is 0 Å². The minimum atomic E-state index is -3.32. The number of hydrogen-bond acceptors (Lipinski definition) is 5. The molecule has 2 aliphatic heterocycles. The maximum atomic E-state index is 12.6. The summed E-state index contributed by atoms with van der Waals surface area (Å²) in [6, 6.07) is 4.26. The Hall–Kier alpha value is -0.470. The molecule has 0 bridgehead atoms. The Labute approximate surface area is 136 Å². The van der Waals surface area contributed by atoms with Crippen molar-refractivity contribution in [1.82, 2.24) is 9.21 Å². The molecule has 1 atom stereocenters. The van der Waals surface area contributed by atoms with Crippen LogP contribution in [0.1, 0.15) is 30.6 Å². The van der Waals surface area contributed by atoms with Crippen molar-refractivity contribution in [2.45, 2.75) is 48.9 Å². The summed E-state index contributed by atoms with van der Waals surface area (Å²) in [5, 5.41) is 9.45. The van der Waals surface area contributed by atoms with E-state index in [2.05, 4.69) is 4.90 Å². The van der Waals surface area contributed by atoms with Crippen LogP contribution in [0.2, 0.25) is 0 Å². The van der Waals surface area contributed by atoms with Crippen LogP contribution in [0, 0.1) is 6.92 Å². The summed E-state index contributed by atoms with van der Waals surface area (Å²) in [4.78, 5) is 3.41. The van der Waals surface area contributed by atoms with Gasteiger partial charge in [0.25, 0.3) is 10.0 Å². The fourth-order valence-electron chi connectivity index (χ4n) is 3.63. The molecule has 2 fully saturated rings. The predicted octanol–water partition coefficient (Wildman–Crippen LogP) is 1.67. The van der Waals surface area contributed by atoms with Crippen molar-refractivity contribution < 1.29 is 13.5 Å². The smallest absolute Gasteiger partial charge is 0.252 e. The summed E-state index contributed by atoms with van der Waals surface area (Å²) < 4.78 is 27.3. The molecule has 1 unspecified atom stereocenters. The molecule has 1 aromatic heterocycles. The Morgan fingerprint density at radius 3 is 2.55 bits per heavy atom. The van der Waals surface area contributed by atoms with Crippen LogP contribution in [-0.4, -0.2) is 61.1 Å². The van der Waals surface area contributed by atoms with E-state index in [1.807, 2.05) is 13.0 Å². The fraction of sp³-hybridized carbons (Fsp3) is 0.733. The molecular weight excluding hydrogens is 320 g/mol. The summed E-state index contributed by atoms with van der Waals surface area (Å²) >= 11 is 1.35. The maximum Gasteiger partial charge on any atom is 0.252 e. The van der Waals surface area contributed by atoms with E-state index < -0.39 is 10.0 Å². The minimum absolute atomic E-state index is 0.215. The molecule has 0 saturated carbocycles.